The quantitative estimate of drug-likeness (QED) is 0.567. The van der Waals surface area contributed by atoms with Gasteiger partial charge in [-0.2, -0.15) is 0 Å². The minimum Gasteiger partial charge on any atom is -0.350 e. The van der Waals surface area contributed by atoms with Gasteiger partial charge in [0.2, 0.25) is 5.91 Å². The van der Waals surface area contributed by atoms with Gasteiger partial charge in [0.05, 0.1) is 11.2 Å². The van der Waals surface area contributed by atoms with Crippen LogP contribution in [0.15, 0.2) is 77.7 Å². The summed E-state index contributed by atoms with van der Waals surface area (Å²) < 4.78 is 2.95. The number of nitrogens with zero attached hydrogens (tertiary/aromatic N) is 3. The standard InChI is InChI=1S/C21H17ClN4O2/c22-16-7-4-6-15(12-16)13-24-19(27)14-25-18-10-5-11-23-20(18)26(21(25)28)17-8-2-1-3-9-17/h1-12H,13-14H2,(H,24,27). The highest BCUT2D eigenvalue weighted by molar-refractivity contribution is 6.30. The van der Waals surface area contributed by atoms with Gasteiger partial charge in [-0.25, -0.2) is 14.3 Å². The molecule has 0 radical (unpaired) electrons. The van der Waals surface area contributed by atoms with Crippen LogP contribution in [0.1, 0.15) is 5.56 Å². The monoisotopic (exact) mass is 392 g/mol. The molecule has 0 saturated carbocycles. The molecule has 2 heterocycles. The molecule has 0 saturated heterocycles. The molecule has 0 atom stereocenters. The van der Waals surface area contributed by atoms with Crippen LogP contribution in [0.2, 0.25) is 5.02 Å². The maximum Gasteiger partial charge on any atom is 0.335 e. The van der Waals surface area contributed by atoms with Gasteiger partial charge in [0.25, 0.3) is 0 Å². The second kappa shape index (κ2) is 7.70. The van der Waals surface area contributed by atoms with Crippen molar-refractivity contribution < 1.29 is 4.79 Å². The first-order valence-corrected chi connectivity index (χ1v) is 9.14. The summed E-state index contributed by atoms with van der Waals surface area (Å²) in [6.07, 6.45) is 1.63. The van der Waals surface area contributed by atoms with Crippen molar-refractivity contribution in [3.05, 3.63) is 94.0 Å². The van der Waals surface area contributed by atoms with Crippen LogP contribution in [0.4, 0.5) is 0 Å². The van der Waals surface area contributed by atoms with Crippen LogP contribution in [0.5, 0.6) is 0 Å². The number of hydrogen-bond donors (Lipinski definition) is 1. The zero-order valence-electron chi connectivity index (χ0n) is 14.9. The third-order valence-corrected chi connectivity index (χ3v) is 4.62. The van der Waals surface area contributed by atoms with Crippen LogP contribution in [-0.4, -0.2) is 20.0 Å². The molecule has 0 bridgehead atoms. The fourth-order valence-corrected chi connectivity index (χ4v) is 3.31. The molecular formula is C21H17ClN4O2. The summed E-state index contributed by atoms with van der Waals surface area (Å²) >= 11 is 5.97. The van der Waals surface area contributed by atoms with Crippen molar-refractivity contribution in [1.29, 1.82) is 0 Å². The summed E-state index contributed by atoms with van der Waals surface area (Å²) in [7, 11) is 0. The number of benzene rings is 2. The Labute approximate surface area is 166 Å². The zero-order valence-corrected chi connectivity index (χ0v) is 15.6. The number of fused-ring (bicyclic) bond motifs is 1. The highest BCUT2D eigenvalue weighted by Crippen LogP contribution is 2.15. The second-order valence-electron chi connectivity index (χ2n) is 6.29. The third kappa shape index (κ3) is 3.54. The van der Waals surface area contributed by atoms with E-state index in [0.29, 0.717) is 28.4 Å². The van der Waals surface area contributed by atoms with E-state index < -0.39 is 0 Å². The molecular weight excluding hydrogens is 376 g/mol. The maximum absolute atomic E-state index is 13.0. The number of para-hydroxylation sites is 1. The molecule has 0 aliphatic heterocycles. The Bertz CT molecular complexity index is 1200. The molecule has 2 aromatic heterocycles. The summed E-state index contributed by atoms with van der Waals surface area (Å²) in [6, 6.07) is 20.1. The van der Waals surface area contributed by atoms with Crippen LogP contribution >= 0.6 is 11.6 Å². The Kier molecular flexibility index (Phi) is 4.95. The summed E-state index contributed by atoms with van der Waals surface area (Å²) in [6.45, 7) is 0.241. The molecule has 0 fully saturated rings. The molecule has 2 aromatic carbocycles. The van der Waals surface area contributed by atoms with E-state index in [-0.39, 0.29) is 18.1 Å². The van der Waals surface area contributed by atoms with E-state index in [4.69, 9.17) is 11.6 Å². The fraction of sp³-hybridized carbons (Fsp3) is 0.0952. The van der Waals surface area contributed by atoms with E-state index in [1.54, 1.807) is 30.5 Å². The first kappa shape index (κ1) is 18.0. The van der Waals surface area contributed by atoms with Crippen molar-refractivity contribution in [2.75, 3.05) is 0 Å². The van der Waals surface area contributed by atoms with Crippen molar-refractivity contribution in [3.8, 4) is 5.69 Å². The van der Waals surface area contributed by atoms with Crippen molar-refractivity contribution in [2.45, 2.75) is 13.1 Å². The van der Waals surface area contributed by atoms with Crippen LogP contribution in [-0.2, 0) is 17.9 Å². The van der Waals surface area contributed by atoms with Crippen LogP contribution < -0.4 is 11.0 Å². The van der Waals surface area contributed by atoms with Gasteiger partial charge in [0, 0.05) is 17.8 Å². The first-order valence-electron chi connectivity index (χ1n) is 8.76. The van der Waals surface area contributed by atoms with Crippen LogP contribution in [0.3, 0.4) is 0 Å². The van der Waals surface area contributed by atoms with E-state index >= 15 is 0 Å². The minimum atomic E-state index is -0.308. The topological polar surface area (TPSA) is 68.9 Å². The number of pyridine rings is 1. The van der Waals surface area contributed by atoms with Gasteiger partial charge in [-0.15, -0.1) is 0 Å². The number of rotatable bonds is 5. The SMILES string of the molecule is O=C(Cn1c(=O)n(-c2ccccc2)c2ncccc21)NCc1cccc(Cl)c1. The molecule has 140 valence electrons. The molecule has 28 heavy (non-hydrogen) atoms. The van der Waals surface area contributed by atoms with Crippen molar-refractivity contribution in [2.24, 2.45) is 0 Å². The number of carbonyl (C=O) groups excluding carboxylic acids is 1. The average Bonchev–Trinajstić information content (AvgIpc) is 2.99. The van der Waals surface area contributed by atoms with Crippen molar-refractivity contribution in [3.63, 3.8) is 0 Å². The van der Waals surface area contributed by atoms with E-state index in [1.165, 1.54) is 9.13 Å². The minimum absolute atomic E-state index is 0.0958. The molecule has 0 aliphatic rings. The highest BCUT2D eigenvalue weighted by atomic mass is 35.5. The Morgan fingerprint density at radius 1 is 1.04 bits per heavy atom. The summed E-state index contributed by atoms with van der Waals surface area (Å²) in [5.74, 6) is -0.266. The van der Waals surface area contributed by atoms with Gasteiger partial charge in [-0.3, -0.25) is 9.36 Å². The van der Waals surface area contributed by atoms with Crippen LogP contribution in [0, 0.1) is 0 Å². The third-order valence-electron chi connectivity index (χ3n) is 4.39. The van der Waals surface area contributed by atoms with Crippen molar-refractivity contribution in [1.82, 2.24) is 19.4 Å². The van der Waals surface area contributed by atoms with E-state index in [1.807, 2.05) is 42.5 Å². The predicted molar refractivity (Wildman–Crippen MR) is 109 cm³/mol. The lowest BCUT2D eigenvalue weighted by molar-refractivity contribution is -0.121. The number of carbonyl (C=O) groups is 1. The van der Waals surface area contributed by atoms with Gasteiger partial charge >= 0.3 is 5.69 Å². The highest BCUT2D eigenvalue weighted by Gasteiger charge is 2.17. The molecule has 0 aliphatic carbocycles. The number of halogens is 1. The lowest BCUT2D eigenvalue weighted by Crippen LogP contribution is -2.32. The number of aromatic nitrogens is 3. The number of amides is 1. The molecule has 6 nitrogen and oxygen atoms in total. The smallest absolute Gasteiger partial charge is 0.335 e. The van der Waals surface area contributed by atoms with E-state index in [9.17, 15) is 9.59 Å². The molecule has 1 amide bonds. The largest absolute Gasteiger partial charge is 0.350 e. The number of hydrogen-bond acceptors (Lipinski definition) is 3. The van der Waals surface area contributed by atoms with Crippen molar-refractivity contribution >= 4 is 28.7 Å². The Balaban J connectivity index is 1.63. The lowest BCUT2D eigenvalue weighted by Gasteiger charge is -2.07. The molecule has 0 unspecified atom stereocenters. The average molecular weight is 393 g/mol. The Hall–Kier alpha value is -3.38. The van der Waals surface area contributed by atoms with Gasteiger partial charge in [-0.05, 0) is 42.0 Å². The fourth-order valence-electron chi connectivity index (χ4n) is 3.10. The predicted octanol–water partition coefficient (Wildman–Crippen LogP) is 3.16. The van der Waals surface area contributed by atoms with Crippen LogP contribution in [0.25, 0.3) is 16.9 Å². The van der Waals surface area contributed by atoms with Gasteiger partial charge < -0.3 is 5.32 Å². The zero-order chi connectivity index (χ0) is 19.5. The summed E-state index contributed by atoms with van der Waals surface area (Å²) in [5, 5.41) is 3.44. The lowest BCUT2D eigenvalue weighted by atomic mass is 10.2. The van der Waals surface area contributed by atoms with Gasteiger partial charge in [0.1, 0.15) is 6.54 Å². The second-order valence-corrected chi connectivity index (χ2v) is 6.73. The van der Waals surface area contributed by atoms with E-state index in [2.05, 4.69) is 10.3 Å². The first-order chi connectivity index (χ1) is 13.6. The van der Waals surface area contributed by atoms with Gasteiger partial charge in [-0.1, -0.05) is 41.9 Å². The molecule has 4 aromatic rings. The molecule has 0 spiro atoms. The Morgan fingerprint density at radius 3 is 2.64 bits per heavy atom. The maximum atomic E-state index is 13.0. The summed E-state index contributed by atoms with van der Waals surface area (Å²) in [4.78, 5) is 29.9. The molecule has 7 heteroatoms. The van der Waals surface area contributed by atoms with Gasteiger partial charge in [0.15, 0.2) is 5.65 Å². The normalized spacial score (nSPS) is 10.9. The summed E-state index contributed by atoms with van der Waals surface area (Å²) in [5.41, 5.74) is 2.41. The molecule has 1 N–H and O–H groups in total. The number of nitrogens with one attached hydrogen (secondary N) is 1. The Morgan fingerprint density at radius 2 is 1.86 bits per heavy atom. The van der Waals surface area contributed by atoms with E-state index in [0.717, 1.165) is 5.56 Å². The molecule has 4 rings (SSSR count). The number of imidazole rings is 1.